The lowest BCUT2D eigenvalue weighted by Gasteiger charge is -2.11. The van der Waals surface area contributed by atoms with Gasteiger partial charge in [-0.2, -0.15) is 5.10 Å². The van der Waals surface area contributed by atoms with Crippen molar-refractivity contribution in [3.63, 3.8) is 0 Å². The first kappa shape index (κ1) is 11.3. The van der Waals surface area contributed by atoms with E-state index >= 15 is 0 Å². The Kier molecular flexibility index (Phi) is 3.52. The highest BCUT2D eigenvalue weighted by molar-refractivity contribution is 5.82. The topological polar surface area (TPSA) is 83.8 Å². The molecule has 5 heteroatoms. The minimum atomic E-state index is -0.636. The number of carbonyl (C=O) groups is 1. The van der Waals surface area contributed by atoms with E-state index in [1.165, 1.54) is 0 Å². The molecule has 2 rings (SSSR count). The fourth-order valence-electron chi connectivity index (χ4n) is 1.49. The second-order valence-corrected chi connectivity index (χ2v) is 3.71. The molecule has 1 aromatic carbocycles. The summed E-state index contributed by atoms with van der Waals surface area (Å²) in [4.78, 5) is 11.8. The highest BCUT2D eigenvalue weighted by atomic mass is 16.2. The second-order valence-electron chi connectivity index (χ2n) is 3.71. The monoisotopic (exact) mass is 230 g/mol. The molecule has 4 N–H and O–H groups in total. The first-order valence-corrected chi connectivity index (χ1v) is 5.33. The van der Waals surface area contributed by atoms with Gasteiger partial charge < -0.3 is 11.1 Å². The maximum atomic E-state index is 11.8. The third-order valence-corrected chi connectivity index (χ3v) is 2.46. The Labute approximate surface area is 99.0 Å². The predicted molar refractivity (Wildman–Crippen MR) is 63.8 cm³/mol. The maximum absolute atomic E-state index is 11.8. The number of nitrogens with zero attached hydrogens (tertiary/aromatic N) is 1. The Balaban J connectivity index is 1.92. The van der Waals surface area contributed by atoms with Crippen molar-refractivity contribution < 1.29 is 4.79 Å². The fraction of sp³-hybridized carbons (Fsp3) is 0.167. The van der Waals surface area contributed by atoms with E-state index in [0.717, 1.165) is 11.1 Å². The van der Waals surface area contributed by atoms with E-state index < -0.39 is 6.04 Å². The smallest absolute Gasteiger partial charge is 0.241 e. The van der Waals surface area contributed by atoms with Crippen molar-refractivity contribution in [3.05, 3.63) is 53.9 Å². The molecule has 1 heterocycles. The van der Waals surface area contributed by atoms with Crippen LogP contribution in [0.1, 0.15) is 17.2 Å². The van der Waals surface area contributed by atoms with Gasteiger partial charge in [0.15, 0.2) is 0 Å². The molecule has 5 nitrogen and oxygen atoms in total. The van der Waals surface area contributed by atoms with Crippen LogP contribution in [0.3, 0.4) is 0 Å². The number of H-pyrrole nitrogens is 1. The molecule has 1 aromatic heterocycles. The normalized spacial score (nSPS) is 12.1. The lowest BCUT2D eigenvalue weighted by molar-refractivity contribution is -0.122. The zero-order chi connectivity index (χ0) is 12.1. The molecule has 17 heavy (non-hydrogen) atoms. The molecular formula is C12H14N4O. The van der Waals surface area contributed by atoms with E-state index in [2.05, 4.69) is 15.5 Å². The summed E-state index contributed by atoms with van der Waals surface area (Å²) in [5, 5.41) is 9.24. The summed E-state index contributed by atoms with van der Waals surface area (Å²) in [6, 6.07) is 8.64. The molecule has 0 fully saturated rings. The molecule has 2 aromatic rings. The van der Waals surface area contributed by atoms with Crippen molar-refractivity contribution in [1.82, 2.24) is 15.5 Å². The van der Waals surface area contributed by atoms with Crippen LogP contribution in [0.4, 0.5) is 0 Å². The number of nitrogens with two attached hydrogens (primary N) is 1. The van der Waals surface area contributed by atoms with Gasteiger partial charge in [0.1, 0.15) is 6.04 Å². The molecule has 0 aliphatic rings. The Bertz CT molecular complexity index is 467. The number of benzene rings is 1. The van der Waals surface area contributed by atoms with Crippen molar-refractivity contribution in [2.75, 3.05) is 0 Å². The van der Waals surface area contributed by atoms with Crippen LogP contribution in [-0.2, 0) is 11.3 Å². The molecule has 88 valence electrons. The zero-order valence-electron chi connectivity index (χ0n) is 9.26. The summed E-state index contributed by atoms with van der Waals surface area (Å²) in [6.07, 6.45) is 3.39. The number of amides is 1. The van der Waals surface area contributed by atoms with Crippen LogP contribution in [0.25, 0.3) is 0 Å². The second kappa shape index (κ2) is 5.27. The van der Waals surface area contributed by atoms with Gasteiger partial charge in [-0.25, -0.2) is 0 Å². The van der Waals surface area contributed by atoms with Crippen LogP contribution in [0.5, 0.6) is 0 Å². The molecule has 0 radical (unpaired) electrons. The van der Waals surface area contributed by atoms with Crippen molar-refractivity contribution in [2.24, 2.45) is 5.73 Å². The number of aromatic nitrogens is 2. The maximum Gasteiger partial charge on any atom is 0.241 e. The average Bonchev–Trinajstić information content (AvgIpc) is 2.89. The predicted octanol–water partition coefficient (Wildman–Crippen LogP) is 0.726. The van der Waals surface area contributed by atoms with Crippen LogP contribution >= 0.6 is 0 Å². The van der Waals surface area contributed by atoms with Crippen molar-refractivity contribution in [1.29, 1.82) is 0 Å². The Morgan fingerprint density at radius 3 is 2.82 bits per heavy atom. The van der Waals surface area contributed by atoms with Crippen LogP contribution in [0.2, 0.25) is 0 Å². The number of nitrogens with one attached hydrogen (secondary N) is 2. The van der Waals surface area contributed by atoms with Crippen molar-refractivity contribution in [2.45, 2.75) is 12.6 Å². The third-order valence-electron chi connectivity index (χ3n) is 2.46. The first-order valence-electron chi connectivity index (χ1n) is 5.33. The molecule has 0 aliphatic carbocycles. The summed E-state index contributed by atoms with van der Waals surface area (Å²) in [6.45, 7) is 0.426. The van der Waals surface area contributed by atoms with Gasteiger partial charge in [0.2, 0.25) is 5.91 Å². The molecule has 1 atom stereocenters. The van der Waals surface area contributed by atoms with E-state index in [1.54, 1.807) is 12.4 Å². The molecule has 0 saturated carbocycles. The lowest BCUT2D eigenvalue weighted by atomic mass is 10.1. The molecular weight excluding hydrogens is 216 g/mol. The van der Waals surface area contributed by atoms with Gasteiger partial charge in [0, 0.05) is 18.3 Å². The lowest BCUT2D eigenvalue weighted by Crippen LogP contribution is -2.33. The summed E-state index contributed by atoms with van der Waals surface area (Å²) in [5.74, 6) is -0.197. The Hall–Kier alpha value is -2.14. The molecule has 0 aliphatic heterocycles. The number of aromatic amines is 1. The molecule has 1 amide bonds. The minimum Gasteiger partial charge on any atom is -0.350 e. The number of hydrogen-bond donors (Lipinski definition) is 3. The van der Waals surface area contributed by atoms with Gasteiger partial charge in [0.25, 0.3) is 0 Å². The van der Waals surface area contributed by atoms with Gasteiger partial charge in [-0.3, -0.25) is 9.89 Å². The van der Waals surface area contributed by atoms with E-state index in [-0.39, 0.29) is 5.91 Å². The average molecular weight is 230 g/mol. The van der Waals surface area contributed by atoms with Gasteiger partial charge in [-0.1, -0.05) is 30.3 Å². The largest absolute Gasteiger partial charge is 0.350 e. The highest BCUT2D eigenvalue weighted by Crippen LogP contribution is 2.09. The Morgan fingerprint density at radius 2 is 2.18 bits per heavy atom. The van der Waals surface area contributed by atoms with Gasteiger partial charge in [-0.15, -0.1) is 0 Å². The molecule has 0 bridgehead atoms. The number of rotatable bonds is 4. The van der Waals surface area contributed by atoms with Crippen LogP contribution in [-0.4, -0.2) is 16.1 Å². The molecule has 0 spiro atoms. The van der Waals surface area contributed by atoms with Crippen LogP contribution in [0.15, 0.2) is 42.7 Å². The van der Waals surface area contributed by atoms with Crippen LogP contribution < -0.4 is 11.1 Å². The molecule has 1 unspecified atom stereocenters. The van der Waals surface area contributed by atoms with E-state index in [0.29, 0.717) is 6.54 Å². The van der Waals surface area contributed by atoms with Crippen molar-refractivity contribution >= 4 is 5.91 Å². The first-order chi connectivity index (χ1) is 8.27. The summed E-state index contributed by atoms with van der Waals surface area (Å²) in [5.41, 5.74) is 7.56. The highest BCUT2D eigenvalue weighted by Gasteiger charge is 2.14. The number of hydrogen-bond acceptors (Lipinski definition) is 3. The van der Waals surface area contributed by atoms with E-state index in [4.69, 9.17) is 5.73 Å². The third kappa shape index (κ3) is 2.92. The Morgan fingerprint density at radius 1 is 1.41 bits per heavy atom. The van der Waals surface area contributed by atoms with E-state index in [1.807, 2.05) is 30.3 Å². The summed E-state index contributed by atoms with van der Waals surface area (Å²) < 4.78 is 0. The van der Waals surface area contributed by atoms with Gasteiger partial charge in [-0.05, 0) is 5.56 Å². The quantitative estimate of drug-likeness (QED) is 0.723. The standard InChI is InChI=1S/C12H14N4O/c13-11(10-4-2-1-3-5-10)12(17)14-6-9-7-15-16-8-9/h1-5,7-8,11H,6,13H2,(H,14,17)(H,15,16). The number of carbonyl (C=O) groups excluding carboxylic acids is 1. The fourth-order valence-corrected chi connectivity index (χ4v) is 1.49. The van der Waals surface area contributed by atoms with Gasteiger partial charge >= 0.3 is 0 Å². The van der Waals surface area contributed by atoms with E-state index in [9.17, 15) is 4.79 Å². The van der Waals surface area contributed by atoms with Crippen LogP contribution in [0, 0.1) is 0 Å². The summed E-state index contributed by atoms with van der Waals surface area (Å²) >= 11 is 0. The van der Waals surface area contributed by atoms with Crippen molar-refractivity contribution in [3.8, 4) is 0 Å². The zero-order valence-corrected chi connectivity index (χ0v) is 9.26. The minimum absolute atomic E-state index is 0.197. The van der Waals surface area contributed by atoms with Gasteiger partial charge in [0.05, 0.1) is 6.20 Å². The summed E-state index contributed by atoms with van der Waals surface area (Å²) in [7, 11) is 0. The molecule has 0 saturated heterocycles. The SMILES string of the molecule is NC(C(=O)NCc1cn[nH]c1)c1ccccc1.